The van der Waals surface area contributed by atoms with Gasteiger partial charge in [-0.2, -0.15) is 0 Å². The summed E-state index contributed by atoms with van der Waals surface area (Å²) in [5, 5.41) is 10.6. The molecule has 0 amide bonds. The third-order valence-electron chi connectivity index (χ3n) is 2.26. The molecule has 0 bridgehead atoms. The zero-order chi connectivity index (χ0) is 13.7. The Labute approximate surface area is 115 Å². The zero-order valence-electron chi connectivity index (χ0n) is 10.5. The van der Waals surface area contributed by atoms with Crippen molar-refractivity contribution in [3.8, 4) is 0 Å². The summed E-state index contributed by atoms with van der Waals surface area (Å²) in [6, 6.07) is 0. The summed E-state index contributed by atoms with van der Waals surface area (Å²) in [5.41, 5.74) is 0. The summed E-state index contributed by atoms with van der Waals surface area (Å²) in [4.78, 5) is 18.7. The molecule has 6 nitrogen and oxygen atoms in total. The van der Waals surface area contributed by atoms with Gasteiger partial charge in [-0.25, -0.2) is 4.98 Å². The van der Waals surface area contributed by atoms with Crippen LogP contribution in [-0.4, -0.2) is 40.3 Å². The van der Waals surface area contributed by atoms with Gasteiger partial charge in [0.2, 0.25) is 0 Å². The Hall–Kier alpha value is -1.34. The van der Waals surface area contributed by atoms with Crippen LogP contribution in [0, 0.1) is 10.1 Å². The van der Waals surface area contributed by atoms with Crippen LogP contribution in [0.4, 0.5) is 0 Å². The molecular weight excluding hydrogens is 276 g/mol. The lowest BCUT2D eigenvalue weighted by molar-refractivity contribution is -0.405. The number of nitro groups is 1. The van der Waals surface area contributed by atoms with Crippen LogP contribution in [0.1, 0.15) is 11.8 Å². The first kappa shape index (κ1) is 14.7. The fourth-order valence-electron chi connectivity index (χ4n) is 1.47. The second kappa shape index (κ2) is 6.55. The highest BCUT2D eigenvalue weighted by atomic mass is 35.5. The molecule has 0 saturated carbocycles. The molecule has 0 aliphatic carbocycles. The summed E-state index contributed by atoms with van der Waals surface area (Å²) >= 11 is 7.15. The Bertz CT molecular complexity index is 447. The van der Waals surface area contributed by atoms with E-state index in [-0.39, 0.29) is 0 Å². The van der Waals surface area contributed by atoms with Gasteiger partial charge < -0.3 is 9.80 Å². The molecule has 0 spiro atoms. The highest BCUT2D eigenvalue weighted by Gasteiger charge is 2.15. The van der Waals surface area contributed by atoms with Crippen molar-refractivity contribution in [3.05, 3.63) is 37.7 Å². The van der Waals surface area contributed by atoms with E-state index in [2.05, 4.69) is 4.98 Å². The number of hydrogen-bond acceptors (Lipinski definition) is 6. The normalized spacial score (nSPS) is 11.4. The van der Waals surface area contributed by atoms with Gasteiger partial charge in [0.15, 0.2) is 10.3 Å². The standard InChI is InChI=1S/C10H15ClN4O2S/c1-4-14(6-8-5-12-10(11)18-8)9(13(2)3)7-15(16)17/h5,7H,4,6H2,1-3H3. The molecule has 0 atom stereocenters. The Balaban J connectivity index is 2.89. The largest absolute Gasteiger partial charge is 0.359 e. The van der Waals surface area contributed by atoms with E-state index in [1.54, 1.807) is 25.2 Å². The zero-order valence-corrected chi connectivity index (χ0v) is 12.0. The fraction of sp³-hybridized carbons (Fsp3) is 0.500. The first-order valence-corrected chi connectivity index (χ1v) is 6.51. The summed E-state index contributed by atoms with van der Waals surface area (Å²) in [5.74, 6) is 0.548. The van der Waals surface area contributed by atoms with Gasteiger partial charge in [-0.1, -0.05) is 11.6 Å². The first-order chi connectivity index (χ1) is 8.43. The van der Waals surface area contributed by atoms with E-state index >= 15 is 0 Å². The molecule has 0 saturated heterocycles. The first-order valence-electron chi connectivity index (χ1n) is 5.31. The van der Waals surface area contributed by atoms with Crippen molar-refractivity contribution in [2.75, 3.05) is 20.6 Å². The third kappa shape index (κ3) is 4.15. The molecule has 1 heterocycles. The van der Waals surface area contributed by atoms with Crippen LogP contribution in [0.3, 0.4) is 0 Å². The van der Waals surface area contributed by atoms with Gasteiger partial charge >= 0.3 is 0 Å². The van der Waals surface area contributed by atoms with Crippen LogP contribution in [0.15, 0.2) is 18.2 Å². The van der Waals surface area contributed by atoms with Gasteiger partial charge in [-0.15, -0.1) is 11.3 Å². The minimum absolute atomic E-state index is 0.447. The number of halogens is 1. The van der Waals surface area contributed by atoms with Crippen LogP contribution in [0.25, 0.3) is 0 Å². The SMILES string of the molecule is CCN(Cc1cnc(Cl)s1)C(=C[N+](=O)[O-])N(C)C. The number of rotatable bonds is 6. The molecule has 1 aromatic rings. The number of nitrogens with zero attached hydrogens (tertiary/aromatic N) is 4. The fourth-order valence-corrected chi connectivity index (χ4v) is 2.47. The minimum Gasteiger partial charge on any atom is -0.359 e. The van der Waals surface area contributed by atoms with Crippen LogP contribution in [0.5, 0.6) is 0 Å². The molecular formula is C10H15ClN4O2S. The Morgan fingerprint density at radius 3 is 2.72 bits per heavy atom. The van der Waals surface area contributed by atoms with Gasteiger partial charge in [-0.3, -0.25) is 10.1 Å². The van der Waals surface area contributed by atoms with E-state index in [0.717, 1.165) is 11.1 Å². The summed E-state index contributed by atoms with van der Waals surface area (Å²) in [7, 11) is 3.55. The van der Waals surface area contributed by atoms with E-state index in [4.69, 9.17) is 11.6 Å². The van der Waals surface area contributed by atoms with Gasteiger partial charge in [0, 0.05) is 31.7 Å². The van der Waals surface area contributed by atoms with Crippen molar-refractivity contribution in [2.45, 2.75) is 13.5 Å². The second-order valence-electron chi connectivity index (χ2n) is 3.76. The number of hydrogen-bond donors (Lipinski definition) is 0. The topological polar surface area (TPSA) is 62.5 Å². The van der Waals surface area contributed by atoms with Crippen molar-refractivity contribution in [1.29, 1.82) is 0 Å². The summed E-state index contributed by atoms with van der Waals surface area (Å²) < 4.78 is 0.478. The molecule has 1 rings (SSSR count). The van der Waals surface area contributed by atoms with Crippen LogP contribution >= 0.6 is 22.9 Å². The average Bonchev–Trinajstić information content (AvgIpc) is 2.68. The summed E-state index contributed by atoms with van der Waals surface area (Å²) in [6.45, 7) is 3.16. The molecule has 0 fully saturated rings. The van der Waals surface area contributed by atoms with E-state index in [1.165, 1.54) is 11.3 Å². The smallest absolute Gasteiger partial charge is 0.274 e. The van der Waals surface area contributed by atoms with Gasteiger partial charge in [0.25, 0.3) is 6.20 Å². The van der Waals surface area contributed by atoms with E-state index in [0.29, 0.717) is 23.4 Å². The second-order valence-corrected chi connectivity index (χ2v) is 5.46. The molecule has 0 aromatic carbocycles. The minimum atomic E-state index is -0.447. The van der Waals surface area contributed by atoms with E-state index in [9.17, 15) is 10.1 Å². The molecule has 18 heavy (non-hydrogen) atoms. The van der Waals surface area contributed by atoms with Crippen molar-refractivity contribution in [3.63, 3.8) is 0 Å². The predicted molar refractivity (Wildman–Crippen MR) is 72.0 cm³/mol. The number of thiazole rings is 1. The maximum Gasteiger partial charge on any atom is 0.274 e. The average molecular weight is 291 g/mol. The molecule has 8 heteroatoms. The lowest BCUT2D eigenvalue weighted by Crippen LogP contribution is -2.31. The predicted octanol–water partition coefficient (Wildman–Crippen LogP) is 2.26. The highest BCUT2D eigenvalue weighted by molar-refractivity contribution is 7.15. The van der Waals surface area contributed by atoms with Crippen molar-refractivity contribution in [2.24, 2.45) is 0 Å². The quantitative estimate of drug-likeness (QED) is 0.594. The molecule has 100 valence electrons. The molecule has 0 N–H and O–H groups in total. The van der Waals surface area contributed by atoms with E-state index in [1.807, 2.05) is 11.8 Å². The number of aromatic nitrogens is 1. The van der Waals surface area contributed by atoms with Crippen LogP contribution in [-0.2, 0) is 6.54 Å². The lowest BCUT2D eigenvalue weighted by atomic mass is 10.4. The van der Waals surface area contributed by atoms with Crippen molar-refractivity contribution in [1.82, 2.24) is 14.8 Å². The molecule has 0 unspecified atom stereocenters. The Morgan fingerprint density at radius 2 is 2.33 bits per heavy atom. The van der Waals surface area contributed by atoms with Gasteiger partial charge in [0.1, 0.15) is 0 Å². The maximum absolute atomic E-state index is 10.6. The maximum atomic E-state index is 10.6. The molecule has 0 aliphatic heterocycles. The van der Waals surface area contributed by atoms with Crippen molar-refractivity contribution >= 4 is 22.9 Å². The third-order valence-corrected chi connectivity index (χ3v) is 3.36. The summed E-state index contributed by atoms with van der Waals surface area (Å²) in [6.07, 6.45) is 2.70. The molecule has 1 aromatic heterocycles. The monoisotopic (exact) mass is 290 g/mol. The van der Waals surface area contributed by atoms with E-state index < -0.39 is 4.92 Å². The Kier molecular flexibility index (Phi) is 5.36. The van der Waals surface area contributed by atoms with Crippen LogP contribution in [0.2, 0.25) is 4.47 Å². The Morgan fingerprint density at radius 1 is 1.67 bits per heavy atom. The van der Waals surface area contributed by atoms with Crippen molar-refractivity contribution < 1.29 is 4.92 Å². The lowest BCUT2D eigenvalue weighted by Gasteiger charge is -2.28. The van der Waals surface area contributed by atoms with Crippen LogP contribution < -0.4 is 0 Å². The highest BCUT2D eigenvalue weighted by Crippen LogP contribution is 2.21. The molecule has 0 radical (unpaired) electrons. The van der Waals surface area contributed by atoms with Gasteiger partial charge in [-0.05, 0) is 6.92 Å². The molecule has 0 aliphatic rings. The van der Waals surface area contributed by atoms with Gasteiger partial charge in [0.05, 0.1) is 11.5 Å².